The number of benzene rings is 2. The van der Waals surface area contributed by atoms with E-state index >= 15 is 0 Å². The van der Waals surface area contributed by atoms with Crippen LogP contribution in [0.25, 0.3) is 10.9 Å². The van der Waals surface area contributed by atoms with Crippen LogP contribution in [0.4, 0.5) is 0 Å². The maximum Gasteiger partial charge on any atom is 0.251 e. The summed E-state index contributed by atoms with van der Waals surface area (Å²) < 4.78 is 0. The van der Waals surface area contributed by atoms with Crippen molar-refractivity contribution in [3.63, 3.8) is 0 Å². The van der Waals surface area contributed by atoms with Crippen LogP contribution in [0.1, 0.15) is 28.0 Å². The summed E-state index contributed by atoms with van der Waals surface area (Å²) in [7, 11) is 0. The number of nitrogens with zero attached hydrogens (tertiary/aromatic N) is 1. The number of thioether (sulfide) groups is 1. The molecule has 2 N–H and O–H groups in total. The van der Waals surface area contributed by atoms with E-state index in [1.807, 2.05) is 41.5 Å². The summed E-state index contributed by atoms with van der Waals surface area (Å²) in [5, 5.41) is 4.14. The van der Waals surface area contributed by atoms with Crippen molar-refractivity contribution in [3.8, 4) is 0 Å². The number of para-hydroxylation sites is 1. The van der Waals surface area contributed by atoms with Crippen molar-refractivity contribution >= 4 is 34.5 Å². The minimum atomic E-state index is -0.512. The topological polar surface area (TPSA) is 65.2 Å². The van der Waals surface area contributed by atoms with Gasteiger partial charge in [0.05, 0.1) is 0 Å². The first-order chi connectivity index (χ1) is 14.2. The van der Waals surface area contributed by atoms with Gasteiger partial charge in [0.2, 0.25) is 5.91 Å². The SMILES string of the molecule is CSCC[C@H](NC(=O)c1ccccc1)C(=O)N1CCc2[nH]c3ccccc3c2C1. The van der Waals surface area contributed by atoms with Crippen molar-refractivity contribution < 1.29 is 9.59 Å². The van der Waals surface area contributed by atoms with Crippen LogP contribution in [-0.2, 0) is 17.8 Å². The number of carbonyl (C=O) groups is 2. The Hall–Kier alpha value is -2.73. The number of hydrogen-bond donors (Lipinski definition) is 2. The van der Waals surface area contributed by atoms with Crippen LogP contribution in [0.3, 0.4) is 0 Å². The molecule has 4 rings (SSSR count). The molecule has 29 heavy (non-hydrogen) atoms. The van der Waals surface area contributed by atoms with Gasteiger partial charge in [-0.15, -0.1) is 0 Å². The Bertz CT molecular complexity index is 1020. The Labute approximate surface area is 174 Å². The fourth-order valence-electron chi connectivity index (χ4n) is 3.90. The Balaban J connectivity index is 1.52. The van der Waals surface area contributed by atoms with E-state index in [-0.39, 0.29) is 11.8 Å². The van der Waals surface area contributed by atoms with Gasteiger partial charge in [-0.25, -0.2) is 0 Å². The second-order valence-corrected chi connectivity index (χ2v) is 8.30. The lowest BCUT2D eigenvalue weighted by atomic mass is 10.0. The average molecular weight is 408 g/mol. The number of rotatable bonds is 6. The largest absolute Gasteiger partial charge is 0.358 e. The van der Waals surface area contributed by atoms with Gasteiger partial charge < -0.3 is 15.2 Å². The molecule has 5 nitrogen and oxygen atoms in total. The third-order valence-electron chi connectivity index (χ3n) is 5.44. The Morgan fingerprint density at radius 2 is 1.90 bits per heavy atom. The highest BCUT2D eigenvalue weighted by Crippen LogP contribution is 2.28. The predicted molar refractivity (Wildman–Crippen MR) is 118 cm³/mol. The third kappa shape index (κ3) is 4.17. The van der Waals surface area contributed by atoms with Gasteiger partial charge in [0, 0.05) is 47.2 Å². The molecule has 0 unspecified atom stereocenters. The Kier molecular flexibility index (Phi) is 5.90. The molecule has 0 bridgehead atoms. The maximum atomic E-state index is 13.3. The number of carbonyl (C=O) groups excluding carboxylic acids is 2. The van der Waals surface area contributed by atoms with Crippen molar-refractivity contribution in [2.45, 2.75) is 25.4 Å². The molecule has 1 atom stereocenters. The Morgan fingerprint density at radius 1 is 1.14 bits per heavy atom. The highest BCUT2D eigenvalue weighted by Gasteiger charge is 2.30. The van der Waals surface area contributed by atoms with Crippen molar-refractivity contribution in [2.75, 3.05) is 18.6 Å². The van der Waals surface area contributed by atoms with E-state index in [1.165, 1.54) is 16.6 Å². The Morgan fingerprint density at radius 3 is 2.69 bits per heavy atom. The summed E-state index contributed by atoms with van der Waals surface area (Å²) in [4.78, 5) is 31.3. The zero-order valence-corrected chi connectivity index (χ0v) is 17.3. The van der Waals surface area contributed by atoms with E-state index in [0.717, 1.165) is 17.7 Å². The molecule has 0 radical (unpaired) electrons. The van der Waals surface area contributed by atoms with Crippen LogP contribution in [-0.4, -0.2) is 46.3 Å². The first kappa shape index (κ1) is 19.6. The average Bonchev–Trinajstić information content (AvgIpc) is 3.14. The van der Waals surface area contributed by atoms with Crippen molar-refractivity contribution in [1.82, 2.24) is 15.2 Å². The number of hydrogen-bond acceptors (Lipinski definition) is 3. The van der Waals surface area contributed by atoms with Crippen LogP contribution in [0.5, 0.6) is 0 Å². The molecule has 1 aliphatic rings. The van der Waals surface area contributed by atoms with E-state index in [4.69, 9.17) is 0 Å². The van der Waals surface area contributed by atoms with E-state index in [1.54, 1.807) is 23.9 Å². The normalized spacial score (nSPS) is 14.4. The molecule has 0 saturated heterocycles. The van der Waals surface area contributed by atoms with E-state index in [2.05, 4.69) is 22.4 Å². The second kappa shape index (κ2) is 8.74. The molecular formula is C23H25N3O2S. The van der Waals surface area contributed by atoms with Crippen molar-refractivity contribution in [2.24, 2.45) is 0 Å². The molecule has 0 aliphatic carbocycles. The molecule has 3 aromatic rings. The molecule has 2 amide bonds. The van der Waals surface area contributed by atoms with Gasteiger partial charge in [-0.3, -0.25) is 9.59 Å². The molecule has 0 saturated carbocycles. The lowest BCUT2D eigenvalue weighted by Gasteiger charge is -2.31. The number of amides is 2. The zero-order chi connectivity index (χ0) is 20.2. The summed E-state index contributed by atoms with van der Waals surface area (Å²) in [6, 6.07) is 16.8. The molecule has 1 aliphatic heterocycles. The summed E-state index contributed by atoms with van der Waals surface area (Å²) in [5.74, 6) is 0.617. The second-order valence-electron chi connectivity index (χ2n) is 7.31. The molecule has 0 fully saturated rings. The molecular weight excluding hydrogens is 382 g/mol. The fourth-order valence-corrected chi connectivity index (χ4v) is 4.37. The molecule has 2 aromatic carbocycles. The summed E-state index contributed by atoms with van der Waals surface area (Å²) in [6.45, 7) is 1.24. The summed E-state index contributed by atoms with van der Waals surface area (Å²) in [5.41, 5.74) is 4.09. The van der Waals surface area contributed by atoms with Crippen LogP contribution in [0.15, 0.2) is 54.6 Å². The van der Waals surface area contributed by atoms with Crippen molar-refractivity contribution in [1.29, 1.82) is 0 Å². The number of nitrogens with one attached hydrogen (secondary N) is 2. The van der Waals surface area contributed by atoms with Gasteiger partial charge in [-0.05, 0) is 36.6 Å². The van der Waals surface area contributed by atoms with Gasteiger partial charge in [-0.2, -0.15) is 11.8 Å². The van der Waals surface area contributed by atoms with Gasteiger partial charge in [0.25, 0.3) is 5.91 Å². The van der Waals surface area contributed by atoms with Crippen LogP contribution in [0, 0.1) is 0 Å². The highest BCUT2D eigenvalue weighted by molar-refractivity contribution is 7.98. The van der Waals surface area contributed by atoms with Gasteiger partial charge in [0.1, 0.15) is 6.04 Å². The first-order valence-corrected chi connectivity index (χ1v) is 11.3. The minimum absolute atomic E-state index is 0.000683. The van der Waals surface area contributed by atoms with Crippen LogP contribution < -0.4 is 5.32 Å². The van der Waals surface area contributed by atoms with E-state index < -0.39 is 6.04 Å². The molecule has 0 spiro atoms. The number of aromatic amines is 1. The monoisotopic (exact) mass is 407 g/mol. The van der Waals surface area contributed by atoms with E-state index in [9.17, 15) is 9.59 Å². The molecule has 2 heterocycles. The van der Waals surface area contributed by atoms with Crippen molar-refractivity contribution in [3.05, 3.63) is 71.4 Å². The number of aromatic nitrogens is 1. The van der Waals surface area contributed by atoms with Crippen LogP contribution >= 0.6 is 11.8 Å². The third-order valence-corrected chi connectivity index (χ3v) is 6.09. The summed E-state index contributed by atoms with van der Waals surface area (Å²) in [6.07, 6.45) is 3.44. The zero-order valence-electron chi connectivity index (χ0n) is 16.5. The summed E-state index contributed by atoms with van der Waals surface area (Å²) >= 11 is 1.68. The predicted octanol–water partition coefficient (Wildman–Crippen LogP) is 3.60. The lowest BCUT2D eigenvalue weighted by Crippen LogP contribution is -2.50. The fraction of sp³-hybridized carbons (Fsp3) is 0.304. The molecule has 1 aromatic heterocycles. The minimum Gasteiger partial charge on any atom is -0.358 e. The van der Waals surface area contributed by atoms with E-state index in [0.29, 0.717) is 25.1 Å². The van der Waals surface area contributed by atoms with Gasteiger partial charge in [-0.1, -0.05) is 36.4 Å². The standard InChI is InChI=1S/C23H25N3O2S/c1-29-14-12-21(25-22(27)16-7-3-2-4-8-16)23(28)26-13-11-20-18(15-26)17-9-5-6-10-19(17)24-20/h2-10,21,24H,11-15H2,1H3,(H,25,27)/t21-/m0/s1. The maximum absolute atomic E-state index is 13.3. The first-order valence-electron chi connectivity index (χ1n) is 9.89. The molecule has 150 valence electrons. The number of H-pyrrole nitrogens is 1. The van der Waals surface area contributed by atoms with Crippen LogP contribution in [0.2, 0.25) is 0 Å². The quantitative estimate of drug-likeness (QED) is 0.656. The van der Waals surface area contributed by atoms with Gasteiger partial charge >= 0.3 is 0 Å². The molecule has 6 heteroatoms. The smallest absolute Gasteiger partial charge is 0.251 e. The highest BCUT2D eigenvalue weighted by atomic mass is 32.2. The number of fused-ring (bicyclic) bond motifs is 3. The van der Waals surface area contributed by atoms with Gasteiger partial charge in [0.15, 0.2) is 0 Å². The lowest BCUT2D eigenvalue weighted by molar-refractivity contribution is -0.134.